The number of benzene rings is 3. The third kappa shape index (κ3) is 6.09. The highest BCUT2D eigenvalue weighted by molar-refractivity contribution is 8.00. The Hall–Kier alpha value is -3.06. The zero-order valence-electron chi connectivity index (χ0n) is 21.6. The molecule has 2 N–H and O–H groups in total. The van der Waals surface area contributed by atoms with Gasteiger partial charge < -0.3 is 14.6 Å². The molecule has 0 atom stereocenters. The molecule has 196 valence electrons. The van der Waals surface area contributed by atoms with Gasteiger partial charge in [-0.15, -0.1) is 0 Å². The number of aromatic carboxylic acids is 1. The maximum Gasteiger partial charge on any atom is 0.338 e. The van der Waals surface area contributed by atoms with Gasteiger partial charge in [-0.2, -0.15) is 0 Å². The lowest BCUT2D eigenvalue weighted by Crippen LogP contribution is -2.25. The van der Waals surface area contributed by atoms with Crippen molar-refractivity contribution in [2.24, 2.45) is 11.3 Å². The molecule has 0 amide bonds. The average Bonchev–Trinajstić information content (AvgIpc) is 2.87. The largest absolute Gasteiger partial charge is 0.495 e. The van der Waals surface area contributed by atoms with Crippen molar-refractivity contribution in [3.05, 3.63) is 77.4 Å². The lowest BCUT2D eigenvalue weighted by atomic mass is 9.68. The van der Waals surface area contributed by atoms with Crippen molar-refractivity contribution in [1.29, 1.82) is 0 Å². The number of rotatable bonds is 7. The van der Waals surface area contributed by atoms with Crippen molar-refractivity contribution in [2.45, 2.75) is 57.3 Å². The number of anilines is 1. The summed E-state index contributed by atoms with van der Waals surface area (Å²) >= 11 is 0.970. The Morgan fingerprint density at radius 1 is 1.03 bits per heavy atom. The van der Waals surface area contributed by atoms with Crippen molar-refractivity contribution in [3.63, 3.8) is 0 Å². The Labute approximate surface area is 221 Å². The van der Waals surface area contributed by atoms with Crippen LogP contribution in [-0.4, -0.2) is 18.2 Å². The van der Waals surface area contributed by atoms with Crippen molar-refractivity contribution in [2.75, 3.05) is 11.8 Å². The molecule has 7 heteroatoms. The first-order valence-electron chi connectivity index (χ1n) is 12.5. The zero-order chi connectivity index (χ0) is 26.7. The highest BCUT2D eigenvalue weighted by Gasteiger charge is 2.30. The number of carboxylic acids is 1. The molecular formula is C30H33F2NO3S. The van der Waals surface area contributed by atoms with Crippen LogP contribution in [0, 0.1) is 23.0 Å². The molecule has 0 aliphatic heterocycles. The highest BCUT2D eigenvalue weighted by Crippen LogP contribution is 2.43. The Kier molecular flexibility index (Phi) is 8.12. The van der Waals surface area contributed by atoms with E-state index in [1.807, 2.05) is 12.1 Å². The minimum Gasteiger partial charge on any atom is -0.495 e. The Balaban J connectivity index is 1.48. The lowest BCUT2D eigenvalue weighted by Gasteiger charge is -2.37. The number of carbonyl (C=O) groups is 1. The van der Waals surface area contributed by atoms with Crippen LogP contribution in [0.4, 0.5) is 14.5 Å². The molecule has 37 heavy (non-hydrogen) atoms. The van der Waals surface area contributed by atoms with Gasteiger partial charge in [-0.1, -0.05) is 57.2 Å². The fourth-order valence-electron chi connectivity index (χ4n) is 5.12. The summed E-state index contributed by atoms with van der Waals surface area (Å²) in [6, 6.07) is 15.5. The molecule has 1 saturated carbocycles. The number of methoxy groups -OCH3 is 1. The number of hydrogen-bond acceptors (Lipinski definition) is 4. The standard InChI is InChI=1S/C30H33F2NO3S/c1-30(2,3)21-14-12-19(13-15-21)18-8-10-20(11-9-18)22-6-5-7-27(28(22)32)37-33-25-17-24(31)23(29(34)35)16-26(25)36-4/h5-11,16-17,19,21,33H,12-15H2,1-4H3,(H,34,35). The molecule has 0 heterocycles. The first-order valence-corrected chi connectivity index (χ1v) is 13.3. The second kappa shape index (κ2) is 11.1. The van der Waals surface area contributed by atoms with E-state index >= 15 is 4.39 Å². The summed E-state index contributed by atoms with van der Waals surface area (Å²) in [6.45, 7) is 6.98. The molecule has 0 unspecified atom stereocenters. The molecule has 0 radical (unpaired) electrons. The predicted octanol–water partition coefficient (Wildman–Crippen LogP) is 8.78. The monoisotopic (exact) mass is 525 g/mol. The maximum atomic E-state index is 15.5. The van der Waals surface area contributed by atoms with Crippen LogP contribution in [0.1, 0.15) is 68.3 Å². The fourth-order valence-corrected chi connectivity index (χ4v) is 5.84. The number of ether oxygens (including phenoxy) is 1. The van der Waals surface area contributed by atoms with Gasteiger partial charge >= 0.3 is 5.97 Å². The maximum absolute atomic E-state index is 15.5. The first kappa shape index (κ1) is 27.0. The van der Waals surface area contributed by atoms with E-state index in [0.717, 1.165) is 35.6 Å². The van der Waals surface area contributed by atoms with Gasteiger partial charge in [0.25, 0.3) is 0 Å². The van der Waals surface area contributed by atoms with Gasteiger partial charge in [0.2, 0.25) is 0 Å². The number of hydrogen-bond donors (Lipinski definition) is 2. The van der Waals surface area contributed by atoms with Crippen molar-refractivity contribution >= 4 is 23.6 Å². The molecule has 4 nitrogen and oxygen atoms in total. The predicted molar refractivity (Wildman–Crippen MR) is 145 cm³/mol. The second-order valence-electron chi connectivity index (χ2n) is 10.7. The number of nitrogens with one attached hydrogen (secondary N) is 1. The summed E-state index contributed by atoms with van der Waals surface area (Å²) in [7, 11) is 1.36. The van der Waals surface area contributed by atoms with Crippen LogP contribution in [0.5, 0.6) is 5.75 Å². The Bertz CT molecular complexity index is 1260. The highest BCUT2D eigenvalue weighted by atomic mass is 32.2. The SMILES string of the molecule is COc1cc(C(=O)O)c(F)cc1NSc1cccc(-c2ccc(C3CCC(C(C)(C)C)CC3)cc2)c1F. The van der Waals surface area contributed by atoms with Crippen LogP contribution in [-0.2, 0) is 0 Å². The molecule has 1 fully saturated rings. The molecule has 0 spiro atoms. The van der Waals surface area contributed by atoms with E-state index in [9.17, 15) is 9.18 Å². The van der Waals surface area contributed by atoms with Crippen LogP contribution < -0.4 is 9.46 Å². The van der Waals surface area contributed by atoms with E-state index in [2.05, 4.69) is 37.6 Å². The average molecular weight is 526 g/mol. The summed E-state index contributed by atoms with van der Waals surface area (Å²) in [5.74, 6) is -1.23. The Morgan fingerprint density at radius 3 is 2.30 bits per heavy atom. The molecule has 1 aliphatic rings. The molecule has 0 saturated heterocycles. The summed E-state index contributed by atoms with van der Waals surface area (Å²) in [6.07, 6.45) is 4.85. The molecule has 3 aromatic rings. The van der Waals surface area contributed by atoms with E-state index in [0.29, 0.717) is 21.8 Å². The minimum absolute atomic E-state index is 0.148. The quantitative estimate of drug-likeness (QED) is 0.302. The van der Waals surface area contributed by atoms with Gasteiger partial charge in [0.15, 0.2) is 0 Å². The van der Waals surface area contributed by atoms with Gasteiger partial charge in [0.1, 0.15) is 17.4 Å². The second-order valence-corrected chi connectivity index (χ2v) is 11.5. The Morgan fingerprint density at radius 2 is 1.70 bits per heavy atom. The van der Waals surface area contributed by atoms with Gasteiger partial charge in [0.05, 0.1) is 23.3 Å². The van der Waals surface area contributed by atoms with E-state index in [1.165, 1.54) is 38.4 Å². The number of carboxylic acid groups (broad SMARTS) is 1. The molecule has 4 rings (SSSR count). The summed E-state index contributed by atoms with van der Waals surface area (Å²) in [4.78, 5) is 11.5. The third-order valence-corrected chi connectivity index (χ3v) is 8.26. The zero-order valence-corrected chi connectivity index (χ0v) is 22.4. The third-order valence-electron chi connectivity index (χ3n) is 7.40. The van der Waals surface area contributed by atoms with Gasteiger partial charge in [-0.25, -0.2) is 13.6 Å². The molecule has 1 aliphatic carbocycles. The summed E-state index contributed by atoms with van der Waals surface area (Å²) in [5, 5.41) is 9.12. The van der Waals surface area contributed by atoms with Crippen molar-refractivity contribution < 1.29 is 23.4 Å². The van der Waals surface area contributed by atoms with Crippen LogP contribution >= 0.6 is 11.9 Å². The smallest absolute Gasteiger partial charge is 0.338 e. The normalized spacial score (nSPS) is 17.9. The van der Waals surface area contributed by atoms with Crippen LogP contribution in [0.3, 0.4) is 0 Å². The number of halogens is 2. The van der Waals surface area contributed by atoms with Crippen LogP contribution in [0.25, 0.3) is 11.1 Å². The summed E-state index contributed by atoms with van der Waals surface area (Å²) in [5.41, 5.74) is 2.65. The molecule has 0 aromatic heterocycles. The van der Waals surface area contributed by atoms with E-state index in [-0.39, 0.29) is 17.3 Å². The van der Waals surface area contributed by atoms with Crippen LogP contribution in [0.2, 0.25) is 0 Å². The summed E-state index contributed by atoms with van der Waals surface area (Å²) < 4.78 is 37.7. The van der Waals surface area contributed by atoms with Gasteiger partial charge in [0, 0.05) is 11.6 Å². The van der Waals surface area contributed by atoms with Gasteiger partial charge in [-0.05, 0) is 78.1 Å². The van der Waals surface area contributed by atoms with E-state index in [1.54, 1.807) is 18.2 Å². The first-order chi connectivity index (χ1) is 17.6. The van der Waals surface area contributed by atoms with E-state index < -0.39 is 17.3 Å². The lowest BCUT2D eigenvalue weighted by molar-refractivity contribution is 0.0691. The van der Waals surface area contributed by atoms with Crippen molar-refractivity contribution in [1.82, 2.24) is 0 Å². The minimum atomic E-state index is -1.39. The molecule has 3 aromatic carbocycles. The van der Waals surface area contributed by atoms with Crippen LogP contribution in [0.15, 0.2) is 59.5 Å². The van der Waals surface area contributed by atoms with Crippen molar-refractivity contribution in [3.8, 4) is 16.9 Å². The topological polar surface area (TPSA) is 58.6 Å². The molecular weight excluding hydrogens is 492 g/mol. The van der Waals surface area contributed by atoms with Gasteiger partial charge in [-0.3, -0.25) is 0 Å². The fraction of sp³-hybridized carbons (Fsp3) is 0.367. The van der Waals surface area contributed by atoms with E-state index in [4.69, 9.17) is 9.84 Å². The molecule has 0 bridgehead atoms.